The largest absolute Gasteiger partial charge is 0.481 e. The highest BCUT2D eigenvalue weighted by atomic mass is 16.4. The first-order chi connectivity index (χ1) is 8.50. The van der Waals surface area contributed by atoms with E-state index in [1.54, 1.807) is 10.6 Å². The van der Waals surface area contributed by atoms with Crippen LogP contribution in [0.4, 0.5) is 0 Å². The molecule has 0 aliphatic heterocycles. The third kappa shape index (κ3) is 2.25. The maximum Gasteiger partial charge on any atom is 0.308 e. The summed E-state index contributed by atoms with van der Waals surface area (Å²) in [4.78, 5) is 23.1. The molecule has 1 aliphatic carbocycles. The highest BCUT2D eigenvalue weighted by molar-refractivity contribution is 5.93. The summed E-state index contributed by atoms with van der Waals surface area (Å²) in [6.45, 7) is 1.92. The van der Waals surface area contributed by atoms with Gasteiger partial charge in [0.15, 0.2) is 0 Å². The highest BCUT2D eigenvalue weighted by Crippen LogP contribution is 2.26. The molecule has 1 aliphatic rings. The molecule has 0 saturated heterocycles. The molecule has 2 rings (SSSR count). The lowest BCUT2D eigenvalue weighted by Crippen LogP contribution is -2.40. The summed E-state index contributed by atoms with van der Waals surface area (Å²) < 4.78 is 1.81. The molecule has 5 heteroatoms. The topological polar surface area (TPSA) is 71.3 Å². The first kappa shape index (κ1) is 12.7. The number of aliphatic carboxylic acids is 1. The second kappa shape index (κ2) is 4.84. The van der Waals surface area contributed by atoms with E-state index in [1.807, 2.05) is 20.0 Å². The lowest BCUT2D eigenvalue weighted by molar-refractivity contribution is -0.142. The van der Waals surface area contributed by atoms with E-state index in [0.29, 0.717) is 12.1 Å². The fourth-order valence-corrected chi connectivity index (χ4v) is 2.51. The fourth-order valence-electron chi connectivity index (χ4n) is 2.51. The van der Waals surface area contributed by atoms with E-state index >= 15 is 0 Å². The Bertz CT molecular complexity index is 479. The minimum Gasteiger partial charge on any atom is -0.481 e. The zero-order valence-corrected chi connectivity index (χ0v) is 10.6. The van der Waals surface area contributed by atoms with Crippen LogP contribution in [0.2, 0.25) is 0 Å². The van der Waals surface area contributed by atoms with Crippen LogP contribution >= 0.6 is 0 Å². The molecule has 98 valence electrons. The minimum absolute atomic E-state index is 0.191. The van der Waals surface area contributed by atoms with Crippen LogP contribution in [0.25, 0.3) is 0 Å². The van der Waals surface area contributed by atoms with E-state index in [2.05, 4.69) is 5.32 Å². The Morgan fingerprint density at radius 3 is 2.67 bits per heavy atom. The zero-order chi connectivity index (χ0) is 13.3. The van der Waals surface area contributed by atoms with Gasteiger partial charge in [-0.05, 0) is 31.9 Å². The average molecular weight is 250 g/mol. The van der Waals surface area contributed by atoms with Crippen LogP contribution in [0.5, 0.6) is 0 Å². The second-order valence-electron chi connectivity index (χ2n) is 4.87. The average Bonchev–Trinajstić information content (AvgIpc) is 2.88. The molecular weight excluding hydrogens is 232 g/mol. The molecule has 1 heterocycles. The molecule has 2 atom stereocenters. The van der Waals surface area contributed by atoms with Gasteiger partial charge in [-0.15, -0.1) is 0 Å². The van der Waals surface area contributed by atoms with Crippen molar-refractivity contribution < 1.29 is 14.7 Å². The summed E-state index contributed by atoms with van der Waals surface area (Å²) in [7, 11) is 1.83. The van der Waals surface area contributed by atoms with Crippen molar-refractivity contribution in [1.29, 1.82) is 0 Å². The van der Waals surface area contributed by atoms with Gasteiger partial charge in [0.05, 0.1) is 5.92 Å². The van der Waals surface area contributed by atoms with Crippen molar-refractivity contribution in [3.63, 3.8) is 0 Å². The maximum absolute atomic E-state index is 12.1. The van der Waals surface area contributed by atoms with E-state index in [1.165, 1.54) is 0 Å². The molecule has 0 aromatic carbocycles. The van der Waals surface area contributed by atoms with Crippen molar-refractivity contribution in [2.24, 2.45) is 13.0 Å². The first-order valence-corrected chi connectivity index (χ1v) is 6.16. The van der Waals surface area contributed by atoms with Gasteiger partial charge in [-0.25, -0.2) is 0 Å². The van der Waals surface area contributed by atoms with E-state index < -0.39 is 11.9 Å². The number of carboxylic acids is 1. The Labute approximate surface area is 106 Å². The number of rotatable bonds is 3. The number of aromatic nitrogens is 1. The zero-order valence-electron chi connectivity index (χ0n) is 10.6. The minimum atomic E-state index is -0.819. The normalized spacial score (nSPS) is 23.0. The molecule has 1 fully saturated rings. The van der Waals surface area contributed by atoms with Gasteiger partial charge < -0.3 is 15.0 Å². The number of carbonyl (C=O) groups is 2. The summed E-state index contributed by atoms with van der Waals surface area (Å²) in [6, 6.07) is 3.39. The van der Waals surface area contributed by atoms with Crippen LogP contribution in [-0.4, -0.2) is 27.6 Å². The van der Waals surface area contributed by atoms with Gasteiger partial charge in [0.1, 0.15) is 5.69 Å². The van der Waals surface area contributed by atoms with Gasteiger partial charge in [-0.3, -0.25) is 9.59 Å². The molecule has 18 heavy (non-hydrogen) atoms. The monoisotopic (exact) mass is 250 g/mol. The quantitative estimate of drug-likeness (QED) is 0.849. The fraction of sp³-hybridized carbons (Fsp3) is 0.538. The number of carboxylic acid groups (broad SMARTS) is 1. The van der Waals surface area contributed by atoms with Crippen molar-refractivity contribution in [1.82, 2.24) is 9.88 Å². The number of nitrogens with zero attached hydrogens (tertiary/aromatic N) is 1. The van der Waals surface area contributed by atoms with Gasteiger partial charge >= 0.3 is 5.97 Å². The summed E-state index contributed by atoms with van der Waals surface area (Å²) in [5.41, 5.74) is 1.57. The lowest BCUT2D eigenvalue weighted by Gasteiger charge is -2.17. The number of hydrogen-bond acceptors (Lipinski definition) is 2. The molecule has 1 aromatic heterocycles. The van der Waals surface area contributed by atoms with Crippen molar-refractivity contribution in [2.75, 3.05) is 0 Å². The molecule has 0 bridgehead atoms. The molecular formula is C13H18N2O3. The van der Waals surface area contributed by atoms with E-state index in [9.17, 15) is 9.59 Å². The molecule has 5 nitrogen and oxygen atoms in total. The molecule has 2 N–H and O–H groups in total. The number of nitrogens with one attached hydrogen (secondary N) is 1. The molecule has 0 unspecified atom stereocenters. The number of amides is 1. The lowest BCUT2D eigenvalue weighted by atomic mass is 10.0. The van der Waals surface area contributed by atoms with E-state index in [4.69, 9.17) is 5.11 Å². The Morgan fingerprint density at radius 1 is 1.39 bits per heavy atom. The van der Waals surface area contributed by atoms with Gasteiger partial charge in [-0.1, -0.05) is 6.42 Å². The second-order valence-corrected chi connectivity index (χ2v) is 4.87. The summed E-state index contributed by atoms with van der Waals surface area (Å²) >= 11 is 0. The van der Waals surface area contributed by atoms with Gasteiger partial charge in [0, 0.05) is 18.8 Å². The first-order valence-electron chi connectivity index (χ1n) is 6.16. The SMILES string of the molecule is Cc1ccc(C(=O)N[C@@H]2CCC[C@@H]2C(=O)O)n1C. The van der Waals surface area contributed by atoms with Crippen molar-refractivity contribution in [3.8, 4) is 0 Å². The smallest absolute Gasteiger partial charge is 0.308 e. The summed E-state index contributed by atoms with van der Waals surface area (Å²) in [5, 5.41) is 11.9. The van der Waals surface area contributed by atoms with Crippen molar-refractivity contribution in [3.05, 3.63) is 23.5 Å². The van der Waals surface area contributed by atoms with Gasteiger partial charge in [0.2, 0.25) is 0 Å². The predicted molar refractivity (Wildman–Crippen MR) is 66.4 cm³/mol. The van der Waals surface area contributed by atoms with E-state index in [0.717, 1.165) is 18.5 Å². The maximum atomic E-state index is 12.1. The van der Waals surface area contributed by atoms with E-state index in [-0.39, 0.29) is 11.9 Å². The van der Waals surface area contributed by atoms with Gasteiger partial charge in [-0.2, -0.15) is 0 Å². The summed E-state index contributed by atoms with van der Waals surface area (Å²) in [6.07, 6.45) is 2.24. The van der Waals surface area contributed by atoms with Crippen LogP contribution in [0, 0.1) is 12.8 Å². The Morgan fingerprint density at radius 2 is 2.11 bits per heavy atom. The molecule has 1 saturated carbocycles. The molecule has 1 aromatic rings. The molecule has 0 spiro atoms. The molecule has 0 radical (unpaired) electrons. The number of carbonyl (C=O) groups excluding carboxylic acids is 1. The van der Waals surface area contributed by atoms with Crippen LogP contribution in [-0.2, 0) is 11.8 Å². The number of hydrogen-bond donors (Lipinski definition) is 2. The Kier molecular flexibility index (Phi) is 3.41. The third-order valence-corrected chi connectivity index (χ3v) is 3.76. The predicted octanol–water partition coefficient (Wildman–Crippen LogP) is 1.32. The highest BCUT2D eigenvalue weighted by Gasteiger charge is 2.34. The Hall–Kier alpha value is -1.78. The third-order valence-electron chi connectivity index (χ3n) is 3.76. The molecule has 1 amide bonds. The van der Waals surface area contributed by atoms with Crippen LogP contribution in [0.1, 0.15) is 35.4 Å². The van der Waals surface area contributed by atoms with Crippen molar-refractivity contribution in [2.45, 2.75) is 32.2 Å². The number of aryl methyl sites for hydroxylation is 1. The summed E-state index contributed by atoms with van der Waals surface area (Å²) in [5.74, 6) is -1.46. The Balaban J connectivity index is 2.08. The van der Waals surface area contributed by atoms with Crippen molar-refractivity contribution >= 4 is 11.9 Å². The van der Waals surface area contributed by atoms with Gasteiger partial charge in [0.25, 0.3) is 5.91 Å². The standard InChI is InChI=1S/C13H18N2O3/c1-8-6-7-11(15(8)2)12(16)14-10-5-3-4-9(10)13(17)18/h6-7,9-10H,3-5H2,1-2H3,(H,14,16)(H,17,18)/t9-,10+/m0/s1. The van der Waals surface area contributed by atoms with Crippen LogP contribution < -0.4 is 5.32 Å². The van der Waals surface area contributed by atoms with Crippen LogP contribution in [0.15, 0.2) is 12.1 Å². The van der Waals surface area contributed by atoms with Crippen LogP contribution in [0.3, 0.4) is 0 Å².